The van der Waals surface area contributed by atoms with E-state index in [2.05, 4.69) is 19.1 Å². The minimum absolute atomic E-state index is 0.0329. The van der Waals surface area contributed by atoms with Crippen LogP contribution in [0, 0.1) is 10.8 Å². The Hall–Kier alpha value is -0.790. The van der Waals surface area contributed by atoms with Gasteiger partial charge in [0, 0.05) is 5.41 Å². The number of ether oxygens (including phenoxy) is 1. The van der Waals surface area contributed by atoms with E-state index in [1.807, 2.05) is 13.8 Å². The Morgan fingerprint density at radius 2 is 2.29 bits per heavy atom. The Bertz CT molecular complexity index is 257. The third-order valence-electron chi connectivity index (χ3n) is 3.92. The molecule has 0 heterocycles. The summed E-state index contributed by atoms with van der Waals surface area (Å²) in [5.74, 6) is -0.0888. The quantitative estimate of drug-likeness (QED) is 0.512. The largest absolute Gasteiger partial charge is 0.469 e. The Balaban J connectivity index is 2.99. The molecule has 2 nitrogen and oxygen atoms in total. The maximum absolute atomic E-state index is 11.8. The molecule has 0 saturated heterocycles. The highest BCUT2D eigenvalue weighted by Crippen LogP contribution is 2.49. The van der Waals surface area contributed by atoms with E-state index in [0.717, 1.165) is 19.3 Å². The molecule has 1 aliphatic carbocycles. The second-order valence-electron chi connectivity index (χ2n) is 4.54. The van der Waals surface area contributed by atoms with Crippen LogP contribution < -0.4 is 0 Å². The summed E-state index contributed by atoms with van der Waals surface area (Å²) in [6.45, 7) is 6.21. The maximum atomic E-state index is 11.8. The average Bonchev–Trinajstić information content (AvgIpc) is 2.64. The molecule has 1 rings (SSSR count). The standard InChI is InChI=1S/C12H20O2/c1-5-12(3,10(13)14-4)11(2)8-6-7-9-11/h6,8H,5,7,9H2,1-4H3/t11-,12+/m1/s1. The topological polar surface area (TPSA) is 26.3 Å². The first-order chi connectivity index (χ1) is 6.50. The first-order valence-electron chi connectivity index (χ1n) is 5.26. The van der Waals surface area contributed by atoms with Gasteiger partial charge in [0.2, 0.25) is 0 Å². The fourth-order valence-electron chi connectivity index (χ4n) is 2.28. The third-order valence-corrected chi connectivity index (χ3v) is 3.92. The summed E-state index contributed by atoms with van der Waals surface area (Å²) in [5, 5.41) is 0. The molecule has 0 aromatic heterocycles. The molecular weight excluding hydrogens is 176 g/mol. The molecule has 0 amide bonds. The zero-order chi connectivity index (χ0) is 10.8. The van der Waals surface area contributed by atoms with Crippen LogP contribution in [0.5, 0.6) is 0 Å². The Kier molecular flexibility index (Phi) is 3.03. The van der Waals surface area contributed by atoms with Crippen molar-refractivity contribution in [3.63, 3.8) is 0 Å². The molecule has 0 fully saturated rings. The van der Waals surface area contributed by atoms with E-state index in [1.54, 1.807) is 0 Å². The van der Waals surface area contributed by atoms with Gasteiger partial charge in [0.15, 0.2) is 0 Å². The summed E-state index contributed by atoms with van der Waals surface area (Å²) in [4.78, 5) is 11.8. The van der Waals surface area contributed by atoms with E-state index >= 15 is 0 Å². The number of hydrogen-bond donors (Lipinski definition) is 0. The van der Waals surface area contributed by atoms with Crippen LogP contribution in [-0.4, -0.2) is 13.1 Å². The zero-order valence-corrected chi connectivity index (χ0v) is 9.59. The molecule has 2 atom stereocenters. The highest BCUT2D eigenvalue weighted by molar-refractivity contribution is 5.77. The van der Waals surface area contributed by atoms with Gasteiger partial charge >= 0.3 is 5.97 Å². The average molecular weight is 196 g/mol. The summed E-state index contributed by atoms with van der Waals surface area (Å²) in [7, 11) is 1.47. The molecule has 0 aromatic rings. The summed E-state index contributed by atoms with van der Waals surface area (Å²) in [5.41, 5.74) is -0.413. The normalized spacial score (nSPS) is 30.0. The summed E-state index contributed by atoms with van der Waals surface area (Å²) in [6, 6.07) is 0. The minimum atomic E-state index is -0.380. The highest BCUT2D eigenvalue weighted by atomic mass is 16.5. The van der Waals surface area contributed by atoms with Crippen LogP contribution in [0.1, 0.15) is 40.0 Å². The fraction of sp³-hybridized carbons (Fsp3) is 0.750. The van der Waals surface area contributed by atoms with Crippen molar-refractivity contribution in [3.8, 4) is 0 Å². The number of carbonyl (C=O) groups excluding carboxylic acids is 1. The molecule has 0 unspecified atom stereocenters. The fourth-order valence-corrected chi connectivity index (χ4v) is 2.28. The van der Waals surface area contributed by atoms with Crippen LogP contribution in [0.15, 0.2) is 12.2 Å². The number of hydrogen-bond acceptors (Lipinski definition) is 2. The predicted octanol–water partition coefficient (Wildman–Crippen LogP) is 2.93. The lowest BCUT2D eigenvalue weighted by Crippen LogP contribution is -2.42. The van der Waals surface area contributed by atoms with Gasteiger partial charge in [-0.2, -0.15) is 0 Å². The first kappa shape index (κ1) is 11.3. The molecule has 0 radical (unpaired) electrons. The summed E-state index contributed by atoms with van der Waals surface area (Å²) < 4.78 is 4.91. The SMILES string of the molecule is CC[C@@](C)(C(=O)OC)[C@]1(C)C=CCC1. The molecule has 0 N–H and O–H groups in total. The second kappa shape index (κ2) is 3.76. The molecule has 0 aromatic carbocycles. The summed E-state index contributed by atoms with van der Waals surface area (Å²) >= 11 is 0. The van der Waals surface area contributed by atoms with Crippen molar-refractivity contribution in [1.82, 2.24) is 0 Å². The van der Waals surface area contributed by atoms with Crippen molar-refractivity contribution >= 4 is 5.97 Å². The summed E-state index contributed by atoms with van der Waals surface area (Å²) in [6.07, 6.45) is 7.28. The van der Waals surface area contributed by atoms with Gasteiger partial charge in [-0.3, -0.25) is 4.79 Å². The number of esters is 1. The Morgan fingerprint density at radius 3 is 2.64 bits per heavy atom. The van der Waals surface area contributed by atoms with Crippen LogP contribution in [0.3, 0.4) is 0 Å². The maximum Gasteiger partial charge on any atom is 0.312 e. The Labute approximate surface area is 86.3 Å². The van der Waals surface area contributed by atoms with Gasteiger partial charge in [-0.25, -0.2) is 0 Å². The molecule has 0 saturated carbocycles. The predicted molar refractivity (Wildman–Crippen MR) is 56.9 cm³/mol. The smallest absolute Gasteiger partial charge is 0.312 e. The van der Waals surface area contributed by atoms with Gasteiger partial charge in [-0.1, -0.05) is 26.0 Å². The van der Waals surface area contributed by atoms with Crippen LogP contribution in [-0.2, 0) is 9.53 Å². The van der Waals surface area contributed by atoms with E-state index in [4.69, 9.17) is 4.74 Å². The van der Waals surface area contributed by atoms with Gasteiger partial charge in [-0.15, -0.1) is 0 Å². The van der Waals surface area contributed by atoms with Crippen LogP contribution >= 0.6 is 0 Å². The van der Waals surface area contributed by atoms with Crippen molar-refractivity contribution in [2.75, 3.05) is 7.11 Å². The lowest BCUT2D eigenvalue weighted by atomic mass is 9.63. The molecule has 0 spiro atoms. The van der Waals surface area contributed by atoms with Crippen LogP contribution in [0.4, 0.5) is 0 Å². The van der Waals surface area contributed by atoms with E-state index in [1.165, 1.54) is 7.11 Å². The van der Waals surface area contributed by atoms with Gasteiger partial charge in [-0.05, 0) is 26.2 Å². The lowest BCUT2D eigenvalue weighted by molar-refractivity contribution is -0.158. The number of methoxy groups -OCH3 is 1. The lowest BCUT2D eigenvalue weighted by Gasteiger charge is -2.40. The van der Waals surface area contributed by atoms with Crippen molar-refractivity contribution in [2.45, 2.75) is 40.0 Å². The van der Waals surface area contributed by atoms with Crippen LogP contribution in [0.2, 0.25) is 0 Å². The van der Waals surface area contributed by atoms with Crippen molar-refractivity contribution in [1.29, 1.82) is 0 Å². The van der Waals surface area contributed by atoms with Crippen molar-refractivity contribution in [2.24, 2.45) is 10.8 Å². The molecule has 14 heavy (non-hydrogen) atoms. The number of allylic oxidation sites excluding steroid dienone is 2. The number of rotatable bonds is 3. The molecule has 1 aliphatic rings. The Morgan fingerprint density at radius 1 is 1.64 bits per heavy atom. The van der Waals surface area contributed by atoms with Crippen molar-refractivity contribution in [3.05, 3.63) is 12.2 Å². The second-order valence-corrected chi connectivity index (χ2v) is 4.54. The molecule has 0 aliphatic heterocycles. The monoisotopic (exact) mass is 196 g/mol. The number of carbonyl (C=O) groups is 1. The van der Waals surface area contributed by atoms with Gasteiger partial charge in [0.05, 0.1) is 12.5 Å². The van der Waals surface area contributed by atoms with E-state index in [0.29, 0.717) is 0 Å². The van der Waals surface area contributed by atoms with E-state index < -0.39 is 0 Å². The zero-order valence-electron chi connectivity index (χ0n) is 9.59. The highest BCUT2D eigenvalue weighted by Gasteiger charge is 2.48. The first-order valence-corrected chi connectivity index (χ1v) is 5.26. The molecule has 2 heteroatoms. The molecule has 80 valence electrons. The van der Waals surface area contributed by atoms with Gasteiger partial charge < -0.3 is 4.74 Å². The molecule has 0 bridgehead atoms. The molecular formula is C12H20O2. The van der Waals surface area contributed by atoms with Crippen LogP contribution in [0.25, 0.3) is 0 Å². The van der Waals surface area contributed by atoms with Gasteiger partial charge in [0.1, 0.15) is 0 Å². The van der Waals surface area contributed by atoms with Crippen molar-refractivity contribution < 1.29 is 9.53 Å². The van der Waals surface area contributed by atoms with Gasteiger partial charge in [0.25, 0.3) is 0 Å². The van der Waals surface area contributed by atoms with E-state index in [-0.39, 0.29) is 16.8 Å². The minimum Gasteiger partial charge on any atom is -0.469 e. The van der Waals surface area contributed by atoms with E-state index in [9.17, 15) is 4.79 Å². The third kappa shape index (κ3) is 1.47.